The molecule has 1 atom stereocenters. The van der Waals surface area contributed by atoms with Crippen molar-refractivity contribution in [3.63, 3.8) is 0 Å². The second kappa shape index (κ2) is 9.74. The van der Waals surface area contributed by atoms with Gasteiger partial charge in [0.15, 0.2) is 6.10 Å². The predicted octanol–water partition coefficient (Wildman–Crippen LogP) is 5.47. The number of benzene rings is 3. The third-order valence-corrected chi connectivity index (χ3v) is 4.63. The highest BCUT2D eigenvalue weighted by Gasteiger charge is 2.16. The Bertz CT molecular complexity index is 1020. The van der Waals surface area contributed by atoms with E-state index in [1.807, 2.05) is 42.5 Å². The number of anilines is 2. The Morgan fingerprint density at radius 3 is 2.13 bits per heavy atom. The standard InChI is InChI=1S/C25H26N2O3/c1-17(2)20-11-7-14-23(15-20)30-18(3)24(28)26-21-12-8-13-22(16-21)27-25(29)19-9-5-4-6-10-19/h4-18H,1-3H3,(H,26,28)(H,27,29). The van der Waals surface area contributed by atoms with Crippen LogP contribution in [0.5, 0.6) is 5.75 Å². The number of hydrogen-bond acceptors (Lipinski definition) is 3. The van der Waals surface area contributed by atoms with E-state index in [0.29, 0.717) is 28.6 Å². The highest BCUT2D eigenvalue weighted by molar-refractivity contribution is 6.04. The van der Waals surface area contributed by atoms with Crippen LogP contribution in [0, 0.1) is 0 Å². The van der Waals surface area contributed by atoms with E-state index in [1.54, 1.807) is 43.3 Å². The van der Waals surface area contributed by atoms with Gasteiger partial charge in [0.25, 0.3) is 11.8 Å². The summed E-state index contributed by atoms with van der Waals surface area (Å²) in [5.74, 6) is 0.566. The van der Waals surface area contributed by atoms with Gasteiger partial charge >= 0.3 is 0 Å². The minimum atomic E-state index is -0.671. The zero-order valence-electron chi connectivity index (χ0n) is 17.4. The zero-order chi connectivity index (χ0) is 21.5. The van der Waals surface area contributed by atoms with Crippen molar-refractivity contribution in [2.45, 2.75) is 32.8 Å². The van der Waals surface area contributed by atoms with Gasteiger partial charge in [-0.1, -0.05) is 50.2 Å². The van der Waals surface area contributed by atoms with Crippen LogP contribution in [0.3, 0.4) is 0 Å². The largest absolute Gasteiger partial charge is 0.481 e. The quantitative estimate of drug-likeness (QED) is 0.551. The lowest BCUT2D eigenvalue weighted by Gasteiger charge is -2.16. The second-order valence-electron chi connectivity index (χ2n) is 7.38. The molecule has 2 amide bonds. The van der Waals surface area contributed by atoms with Crippen molar-refractivity contribution in [3.05, 3.63) is 90.0 Å². The molecule has 3 rings (SSSR count). The highest BCUT2D eigenvalue weighted by Crippen LogP contribution is 2.22. The van der Waals surface area contributed by atoms with Gasteiger partial charge in [0.2, 0.25) is 0 Å². The van der Waals surface area contributed by atoms with E-state index in [1.165, 1.54) is 0 Å². The molecule has 5 heteroatoms. The monoisotopic (exact) mass is 402 g/mol. The van der Waals surface area contributed by atoms with Crippen LogP contribution in [0.2, 0.25) is 0 Å². The summed E-state index contributed by atoms with van der Waals surface area (Å²) in [4.78, 5) is 24.9. The molecule has 0 aromatic heterocycles. The molecule has 5 nitrogen and oxygen atoms in total. The molecule has 0 spiro atoms. The van der Waals surface area contributed by atoms with Gasteiger partial charge in [-0.25, -0.2) is 0 Å². The molecule has 0 saturated carbocycles. The van der Waals surface area contributed by atoms with Crippen LogP contribution in [0.1, 0.15) is 42.6 Å². The Kier molecular flexibility index (Phi) is 6.86. The third-order valence-electron chi connectivity index (χ3n) is 4.63. The maximum Gasteiger partial charge on any atom is 0.265 e. The van der Waals surface area contributed by atoms with Crippen LogP contribution in [0.15, 0.2) is 78.9 Å². The fourth-order valence-corrected chi connectivity index (χ4v) is 2.92. The van der Waals surface area contributed by atoms with Crippen LogP contribution >= 0.6 is 0 Å². The SMILES string of the molecule is CC(Oc1cccc(C(C)C)c1)C(=O)Nc1cccc(NC(=O)c2ccccc2)c1. The van der Waals surface area contributed by atoms with Gasteiger partial charge in [0.05, 0.1) is 0 Å². The molecule has 3 aromatic rings. The number of rotatable bonds is 7. The topological polar surface area (TPSA) is 67.4 Å². The summed E-state index contributed by atoms with van der Waals surface area (Å²) in [6.07, 6.45) is -0.671. The molecule has 0 aliphatic heterocycles. The van der Waals surface area contributed by atoms with E-state index in [9.17, 15) is 9.59 Å². The maximum absolute atomic E-state index is 12.6. The minimum Gasteiger partial charge on any atom is -0.481 e. The van der Waals surface area contributed by atoms with Crippen LogP contribution in [-0.2, 0) is 4.79 Å². The Balaban J connectivity index is 1.61. The molecule has 154 valence electrons. The van der Waals surface area contributed by atoms with Gasteiger partial charge < -0.3 is 15.4 Å². The van der Waals surface area contributed by atoms with Gasteiger partial charge in [-0.3, -0.25) is 9.59 Å². The zero-order valence-corrected chi connectivity index (χ0v) is 17.4. The summed E-state index contributed by atoms with van der Waals surface area (Å²) in [5.41, 5.74) is 2.90. The third kappa shape index (κ3) is 5.70. The Morgan fingerprint density at radius 2 is 1.43 bits per heavy atom. The van der Waals surface area contributed by atoms with E-state index in [0.717, 1.165) is 5.56 Å². The molecule has 0 bridgehead atoms. The summed E-state index contributed by atoms with van der Waals surface area (Å²) >= 11 is 0. The molecular weight excluding hydrogens is 376 g/mol. The first-order chi connectivity index (χ1) is 14.4. The van der Waals surface area contributed by atoms with Crippen LogP contribution in [-0.4, -0.2) is 17.9 Å². The lowest BCUT2D eigenvalue weighted by atomic mass is 10.0. The van der Waals surface area contributed by atoms with E-state index in [4.69, 9.17) is 4.74 Å². The first-order valence-electron chi connectivity index (χ1n) is 9.96. The Labute approximate surface area is 177 Å². The summed E-state index contributed by atoms with van der Waals surface area (Å²) in [6.45, 7) is 5.93. The van der Waals surface area contributed by atoms with Crippen LogP contribution in [0.25, 0.3) is 0 Å². The van der Waals surface area contributed by atoms with Gasteiger partial charge in [0, 0.05) is 16.9 Å². The van der Waals surface area contributed by atoms with E-state index in [2.05, 4.69) is 24.5 Å². The fourth-order valence-electron chi connectivity index (χ4n) is 2.92. The molecule has 2 N–H and O–H groups in total. The maximum atomic E-state index is 12.6. The molecule has 0 saturated heterocycles. The van der Waals surface area contributed by atoms with E-state index < -0.39 is 6.10 Å². The highest BCUT2D eigenvalue weighted by atomic mass is 16.5. The Morgan fingerprint density at radius 1 is 0.767 bits per heavy atom. The number of ether oxygens (including phenoxy) is 1. The molecule has 30 heavy (non-hydrogen) atoms. The summed E-state index contributed by atoms with van der Waals surface area (Å²) < 4.78 is 5.81. The summed E-state index contributed by atoms with van der Waals surface area (Å²) in [7, 11) is 0. The van der Waals surface area contributed by atoms with Gasteiger partial charge in [-0.15, -0.1) is 0 Å². The molecule has 0 aliphatic carbocycles. The van der Waals surface area contributed by atoms with Crippen molar-refractivity contribution < 1.29 is 14.3 Å². The number of hydrogen-bond donors (Lipinski definition) is 2. The summed E-state index contributed by atoms with van der Waals surface area (Å²) in [5, 5.41) is 5.67. The number of nitrogens with one attached hydrogen (secondary N) is 2. The first kappa shape index (κ1) is 21.1. The molecular formula is C25H26N2O3. The number of amides is 2. The van der Waals surface area contributed by atoms with Crippen molar-refractivity contribution in [2.75, 3.05) is 10.6 Å². The molecule has 3 aromatic carbocycles. The molecule has 0 aliphatic rings. The average Bonchev–Trinajstić information content (AvgIpc) is 2.74. The normalized spacial score (nSPS) is 11.6. The molecule has 0 fully saturated rings. The molecule has 0 heterocycles. The molecule has 1 unspecified atom stereocenters. The molecule has 0 radical (unpaired) electrons. The van der Waals surface area contributed by atoms with E-state index in [-0.39, 0.29) is 11.8 Å². The number of carbonyl (C=O) groups is 2. The smallest absolute Gasteiger partial charge is 0.265 e. The average molecular weight is 402 g/mol. The predicted molar refractivity (Wildman–Crippen MR) is 120 cm³/mol. The fraction of sp³-hybridized carbons (Fsp3) is 0.200. The van der Waals surface area contributed by atoms with Crippen LogP contribution in [0.4, 0.5) is 11.4 Å². The lowest BCUT2D eigenvalue weighted by molar-refractivity contribution is -0.122. The van der Waals surface area contributed by atoms with Crippen LogP contribution < -0.4 is 15.4 Å². The second-order valence-corrected chi connectivity index (χ2v) is 7.38. The van der Waals surface area contributed by atoms with Gasteiger partial charge in [-0.2, -0.15) is 0 Å². The van der Waals surface area contributed by atoms with Gasteiger partial charge in [-0.05, 0) is 60.9 Å². The van der Waals surface area contributed by atoms with Gasteiger partial charge in [0.1, 0.15) is 5.75 Å². The first-order valence-corrected chi connectivity index (χ1v) is 9.96. The Hall–Kier alpha value is -3.60. The number of carbonyl (C=O) groups excluding carboxylic acids is 2. The van der Waals surface area contributed by atoms with Crippen molar-refractivity contribution in [3.8, 4) is 5.75 Å². The van der Waals surface area contributed by atoms with Crippen molar-refractivity contribution >= 4 is 23.2 Å². The summed E-state index contributed by atoms with van der Waals surface area (Å²) in [6, 6.07) is 23.7. The van der Waals surface area contributed by atoms with E-state index >= 15 is 0 Å². The van der Waals surface area contributed by atoms with Crippen molar-refractivity contribution in [2.24, 2.45) is 0 Å². The lowest BCUT2D eigenvalue weighted by Crippen LogP contribution is -2.30. The van der Waals surface area contributed by atoms with Crippen molar-refractivity contribution in [1.82, 2.24) is 0 Å². The minimum absolute atomic E-state index is 0.208. The van der Waals surface area contributed by atoms with Crippen molar-refractivity contribution in [1.29, 1.82) is 0 Å².